The van der Waals surface area contributed by atoms with Crippen molar-refractivity contribution in [3.8, 4) is 0 Å². The standard InChI is InChI=1S/C16H20O3/c1-8(2)15-10(4)14(18)13-7-9(3)6-12(11(5)17)16(13)19-15/h6-8,11,17H,1-5H3. The van der Waals surface area contributed by atoms with Crippen molar-refractivity contribution in [2.75, 3.05) is 0 Å². The molecule has 2 rings (SSSR count). The molecule has 2 aromatic rings. The van der Waals surface area contributed by atoms with Gasteiger partial charge in [-0.15, -0.1) is 0 Å². The van der Waals surface area contributed by atoms with Crippen LogP contribution < -0.4 is 5.43 Å². The van der Waals surface area contributed by atoms with Gasteiger partial charge in [0.2, 0.25) is 0 Å². The highest BCUT2D eigenvalue weighted by atomic mass is 16.3. The first-order chi connectivity index (χ1) is 8.82. The van der Waals surface area contributed by atoms with E-state index in [1.165, 1.54) is 0 Å². The fraction of sp³-hybridized carbons (Fsp3) is 0.438. The molecule has 0 bridgehead atoms. The lowest BCUT2D eigenvalue weighted by atomic mass is 9.99. The third kappa shape index (κ3) is 2.30. The summed E-state index contributed by atoms with van der Waals surface area (Å²) in [5.74, 6) is 0.837. The van der Waals surface area contributed by atoms with Crippen LogP contribution in [0.1, 0.15) is 55.2 Å². The Morgan fingerprint density at radius 1 is 1.16 bits per heavy atom. The van der Waals surface area contributed by atoms with E-state index >= 15 is 0 Å². The molecule has 0 fully saturated rings. The van der Waals surface area contributed by atoms with Crippen LogP contribution >= 0.6 is 0 Å². The molecule has 1 N–H and O–H groups in total. The molecule has 102 valence electrons. The van der Waals surface area contributed by atoms with Crippen LogP contribution in [0.25, 0.3) is 11.0 Å². The molecule has 0 amide bonds. The zero-order valence-electron chi connectivity index (χ0n) is 12.1. The minimum absolute atomic E-state index is 0.00412. The Morgan fingerprint density at radius 3 is 2.32 bits per heavy atom. The summed E-state index contributed by atoms with van der Waals surface area (Å²) < 4.78 is 5.92. The normalized spacial score (nSPS) is 13.2. The average Bonchev–Trinajstić information content (AvgIpc) is 2.32. The van der Waals surface area contributed by atoms with Crippen LogP contribution in [0.15, 0.2) is 21.3 Å². The average molecular weight is 260 g/mol. The predicted octanol–water partition coefficient (Wildman–Crippen LogP) is 3.59. The summed E-state index contributed by atoms with van der Waals surface area (Å²) >= 11 is 0. The van der Waals surface area contributed by atoms with Gasteiger partial charge in [0.1, 0.15) is 11.3 Å². The van der Waals surface area contributed by atoms with Gasteiger partial charge in [0, 0.05) is 17.0 Å². The minimum atomic E-state index is -0.659. The van der Waals surface area contributed by atoms with Gasteiger partial charge in [0.25, 0.3) is 0 Å². The Labute approximate surface area is 112 Å². The Morgan fingerprint density at radius 2 is 1.79 bits per heavy atom. The second kappa shape index (κ2) is 4.82. The van der Waals surface area contributed by atoms with Gasteiger partial charge in [-0.1, -0.05) is 13.8 Å². The largest absolute Gasteiger partial charge is 0.460 e. The van der Waals surface area contributed by atoms with Crippen molar-refractivity contribution < 1.29 is 9.52 Å². The zero-order valence-corrected chi connectivity index (χ0v) is 12.1. The molecule has 3 nitrogen and oxygen atoms in total. The van der Waals surface area contributed by atoms with E-state index in [4.69, 9.17) is 4.42 Å². The second-order valence-corrected chi connectivity index (χ2v) is 5.48. The molecule has 19 heavy (non-hydrogen) atoms. The number of hydrogen-bond donors (Lipinski definition) is 1. The molecule has 0 spiro atoms. The fourth-order valence-electron chi connectivity index (χ4n) is 2.45. The van der Waals surface area contributed by atoms with Crippen LogP contribution in [0, 0.1) is 13.8 Å². The molecule has 1 aromatic heterocycles. The number of hydrogen-bond acceptors (Lipinski definition) is 3. The molecule has 0 aliphatic heterocycles. The summed E-state index contributed by atoms with van der Waals surface area (Å²) in [5.41, 5.74) is 2.79. The summed E-state index contributed by atoms with van der Waals surface area (Å²) in [7, 11) is 0. The first kappa shape index (κ1) is 13.8. The summed E-state index contributed by atoms with van der Waals surface area (Å²) in [5, 5.41) is 10.4. The molecular formula is C16H20O3. The number of aliphatic hydroxyl groups is 1. The van der Waals surface area contributed by atoms with Crippen LogP contribution in [0.2, 0.25) is 0 Å². The second-order valence-electron chi connectivity index (χ2n) is 5.48. The van der Waals surface area contributed by atoms with Gasteiger partial charge in [0.05, 0.1) is 11.5 Å². The first-order valence-electron chi connectivity index (χ1n) is 6.58. The number of benzene rings is 1. The third-order valence-corrected chi connectivity index (χ3v) is 3.40. The van der Waals surface area contributed by atoms with E-state index in [0.29, 0.717) is 27.9 Å². The molecule has 0 aliphatic carbocycles. The SMILES string of the molecule is Cc1cc(C(C)O)c2oc(C(C)C)c(C)c(=O)c2c1. The van der Waals surface area contributed by atoms with Crippen molar-refractivity contribution in [2.24, 2.45) is 0 Å². The maximum atomic E-state index is 12.4. The third-order valence-electron chi connectivity index (χ3n) is 3.40. The summed E-state index contributed by atoms with van der Waals surface area (Å²) in [4.78, 5) is 12.4. The van der Waals surface area contributed by atoms with Crippen LogP contribution in [0.3, 0.4) is 0 Å². The molecule has 1 heterocycles. The maximum Gasteiger partial charge on any atom is 0.195 e. The minimum Gasteiger partial charge on any atom is -0.460 e. The predicted molar refractivity (Wildman–Crippen MR) is 76.7 cm³/mol. The lowest BCUT2D eigenvalue weighted by Gasteiger charge is -2.14. The summed E-state index contributed by atoms with van der Waals surface area (Å²) in [6, 6.07) is 3.69. The summed E-state index contributed by atoms with van der Waals surface area (Å²) in [6.45, 7) is 9.38. The van der Waals surface area contributed by atoms with Crippen molar-refractivity contribution in [1.82, 2.24) is 0 Å². The van der Waals surface area contributed by atoms with Gasteiger partial charge in [-0.3, -0.25) is 4.79 Å². The van der Waals surface area contributed by atoms with Gasteiger partial charge in [-0.25, -0.2) is 0 Å². The van der Waals surface area contributed by atoms with Gasteiger partial charge in [-0.2, -0.15) is 0 Å². The highest BCUT2D eigenvalue weighted by Gasteiger charge is 2.18. The smallest absolute Gasteiger partial charge is 0.195 e. The first-order valence-corrected chi connectivity index (χ1v) is 6.58. The van der Waals surface area contributed by atoms with Crippen LogP contribution in [-0.4, -0.2) is 5.11 Å². The van der Waals surface area contributed by atoms with Crippen molar-refractivity contribution in [1.29, 1.82) is 0 Å². The monoisotopic (exact) mass is 260 g/mol. The Kier molecular flexibility index (Phi) is 3.50. The molecule has 1 unspecified atom stereocenters. The van der Waals surface area contributed by atoms with E-state index in [1.54, 1.807) is 13.8 Å². The molecule has 0 saturated carbocycles. The maximum absolute atomic E-state index is 12.4. The number of rotatable bonds is 2. The van der Waals surface area contributed by atoms with Gasteiger partial charge < -0.3 is 9.52 Å². The molecule has 0 radical (unpaired) electrons. The number of aliphatic hydroxyl groups excluding tert-OH is 1. The van der Waals surface area contributed by atoms with Crippen molar-refractivity contribution in [2.45, 2.75) is 46.6 Å². The van der Waals surface area contributed by atoms with Crippen molar-refractivity contribution >= 4 is 11.0 Å². The highest BCUT2D eigenvalue weighted by Crippen LogP contribution is 2.28. The van der Waals surface area contributed by atoms with E-state index in [1.807, 2.05) is 32.9 Å². The molecule has 0 saturated heterocycles. The molecule has 3 heteroatoms. The summed E-state index contributed by atoms with van der Waals surface area (Å²) in [6.07, 6.45) is -0.659. The zero-order chi connectivity index (χ0) is 14.3. The van der Waals surface area contributed by atoms with Crippen molar-refractivity contribution in [3.63, 3.8) is 0 Å². The van der Waals surface area contributed by atoms with Crippen LogP contribution in [-0.2, 0) is 0 Å². The van der Waals surface area contributed by atoms with Gasteiger partial charge in [-0.05, 0) is 38.5 Å². The van der Waals surface area contributed by atoms with Crippen LogP contribution in [0.4, 0.5) is 0 Å². The molecule has 0 aliphatic rings. The Balaban J connectivity index is 2.97. The van der Waals surface area contributed by atoms with E-state index in [9.17, 15) is 9.90 Å². The van der Waals surface area contributed by atoms with E-state index in [0.717, 1.165) is 5.56 Å². The topological polar surface area (TPSA) is 50.4 Å². The number of fused-ring (bicyclic) bond motifs is 1. The van der Waals surface area contributed by atoms with Gasteiger partial charge >= 0.3 is 0 Å². The fourth-order valence-corrected chi connectivity index (χ4v) is 2.45. The molecule has 1 aromatic carbocycles. The van der Waals surface area contributed by atoms with E-state index < -0.39 is 6.10 Å². The van der Waals surface area contributed by atoms with E-state index in [-0.39, 0.29) is 11.3 Å². The quantitative estimate of drug-likeness (QED) is 0.897. The highest BCUT2D eigenvalue weighted by molar-refractivity contribution is 5.81. The van der Waals surface area contributed by atoms with Crippen molar-refractivity contribution in [3.05, 3.63) is 44.8 Å². The lowest BCUT2D eigenvalue weighted by Crippen LogP contribution is -2.11. The van der Waals surface area contributed by atoms with E-state index in [2.05, 4.69) is 0 Å². The Bertz CT molecular complexity index is 678. The Hall–Kier alpha value is -1.61. The lowest BCUT2D eigenvalue weighted by molar-refractivity contribution is 0.199. The van der Waals surface area contributed by atoms with Gasteiger partial charge in [0.15, 0.2) is 5.43 Å². The molecule has 1 atom stereocenters. The molecular weight excluding hydrogens is 240 g/mol. The number of aryl methyl sites for hydroxylation is 1. The van der Waals surface area contributed by atoms with Crippen LogP contribution in [0.5, 0.6) is 0 Å².